The van der Waals surface area contributed by atoms with Gasteiger partial charge in [-0.25, -0.2) is 0 Å². The fourth-order valence-corrected chi connectivity index (χ4v) is 1.46. The highest BCUT2D eigenvalue weighted by Crippen LogP contribution is 1.97. The lowest BCUT2D eigenvalue weighted by Gasteiger charge is -1.99. The Hall–Kier alpha value is -1.40. The van der Waals surface area contributed by atoms with Crippen LogP contribution in [0.1, 0.15) is 11.4 Å². The van der Waals surface area contributed by atoms with Crippen LogP contribution in [0.5, 0.6) is 0 Å². The maximum Gasteiger partial charge on any atom is 0.0893 e. The van der Waals surface area contributed by atoms with E-state index in [2.05, 4.69) is 25.1 Å². The van der Waals surface area contributed by atoms with Crippen LogP contribution in [-0.2, 0) is 13.1 Å². The van der Waals surface area contributed by atoms with Gasteiger partial charge in [-0.15, -0.1) is 5.10 Å². The van der Waals surface area contributed by atoms with Gasteiger partial charge in [0.2, 0.25) is 0 Å². The molecule has 0 amide bonds. The van der Waals surface area contributed by atoms with E-state index in [0.717, 1.165) is 11.4 Å². The third-order valence-electron chi connectivity index (χ3n) is 1.64. The molecule has 2 rings (SSSR count). The Labute approximate surface area is 85.4 Å². The largest absolute Gasteiger partial charge is 0.305 e. The van der Waals surface area contributed by atoms with Gasteiger partial charge in [0.15, 0.2) is 0 Å². The van der Waals surface area contributed by atoms with Crippen LogP contribution < -0.4 is 5.32 Å². The highest BCUT2D eigenvalue weighted by molar-refractivity contribution is 7.03. The van der Waals surface area contributed by atoms with E-state index in [9.17, 15) is 0 Å². The number of aromatic nitrogens is 4. The summed E-state index contributed by atoms with van der Waals surface area (Å²) in [6.07, 6.45) is 1.66. The van der Waals surface area contributed by atoms with Crippen molar-refractivity contribution in [2.75, 3.05) is 0 Å². The van der Waals surface area contributed by atoms with Gasteiger partial charge in [0, 0.05) is 24.7 Å². The van der Waals surface area contributed by atoms with Gasteiger partial charge in [0.05, 0.1) is 11.4 Å². The smallest absolute Gasteiger partial charge is 0.0893 e. The zero-order valence-electron chi connectivity index (χ0n) is 7.42. The molecule has 1 N–H and O–H groups in total. The highest BCUT2D eigenvalue weighted by atomic mass is 32.1. The van der Waals surface area contributed by atoms with Gasteiger partial charge in [-0.05, 0) is 23.7 Å². The average molecular weight is 207 g/mol. The van der Waals surface area contributed by atoms with E-state index in [1.54, 1.807) is 6.20 Å². The molecular weight excluding hydrogens is 198 g/mol. The molecule has 5 nitrogen and oxygen atoms in total. The van der Waals surface area contributed by atoms with Gasteiger partial charge in [-0.2, -0.15) is 10.2 Å². The minimum atomic E-state index is 0.700. The molecule has 0 aromatic carbocycles. The van der Waals surface area contributed by atoms with Crippen molar-refractivity contribution in [3.63, 3.8) is 0 Å². The molecule has 0 aliphatic rings. The molecule has 2 heterocycles. The average Bonchev–Trinajstić information content (AvgIpc) is 2.72. The molecule has 2 aromatic heterocycles. The van der Waals surface area contributed by atoms with Crippen molar-refractivity contribution in [3.05, 3.63) is 35.1 Å². The summed E-state index contributed by atoms with van der Waals surface area (Å²) in [5.41, 5.74) is 1.88. The van der Waals surface area contributed by atoms with E-state index in [1.165, 1.54) is 11.5 Å². The van der Waals surface area contributed by atoms with E-state index in [1.807, 2.05) is 17.5 Å². The van der Waals surface area contributed by atoms with E-state index < -0.39 is 0 Å². The third-order valence-corrected chi connectivity index (χ3v) is 2.20. The number of nitrogens with one attached hydrogen (secondary N) is 1. The zero-order chi connectivity index (χ0) is 9.64. The standard InChI is InChI=1S/C8H9N5S/c1-2-7(11-10-3-1)4-9-5-8-6-14-13-12-8/h1-3,6,9H,4-5H2. The first-order valence-electron chi connectivity index (χ1n) is 4.18. The van der Waals surface area contributed by atoms with Crippen molar-refractivity contribution < 1.29 is 0 Å². The Balaban J connectivity index is 1.79. The summed E-state index contributed by atoms with van der Waals surface area (Å²) in [4.78, 5) is 0. The molecule has 0 aliphatic heterocycles. The van der Waals surface area contributed by atoms with E-state index in [4.69, 9.17) is 0 Å². The Morgan fingerprint density at radius 1 is 1.21 bits per heavy atom. The number of hydrogen-bond donors (Lipinski definition) is 1. The lowest BCUT2D eigenvalue weighted by Crippen LogP contribution is -2.14. The molecule has 0 unspecified atom stereocenters. The molecule has 0 atom stereocenters. The summed E-state index contributed by atoms with van der Waals surface area (Å²) in [6.45, 7) is 1.42. The Kier molecular flexibility index (Phi) is 3.10. The van der Waals surface area contributed by atoms with Crippen LogP contribution in [-0.4, -0.2) is 19.8 Å². The van der Waals surface area contributed by atoms with Gasteiger partial charge < -0.3 is 5.32 Å². The molecule has 0 fully saturated rings. The molecule has 0 saturated heterocycles. The van der Waals surface area contributed by atoms with Crippen LogP contribution in [0.25, 0.3) is 0 Å². The van der Waals surface area contributed by atoms with Crippen molar-refractivity contribution in [1.82, 2.24) is 25.1 Å². The maximum atomic E-state index is 3.95. The molecule has 2 aromatic rings. The van der Waals surface area contributed by atoms with Crippen LogP contribution in [0.4, 0.5) is 0 Å². The third kappa shape index (κ3) is 2.54. The first-order valence-corrected chi connectivity index (χ1v) is 5.02. The Morgan fingerprint density at radius 3 is 2.86 bits per heavy atom. The first kappa shape index (κ1) is 9.17. The van der Waals surface area contributed by atoms with Crippen LogP contribution in [0.15, 0.2) is 23.7 Å². The van der Waals surface area contributed by atoms with E-state index in [0.29, 0.717) is 13.1 Å². The van der Waals surface area contributed by atoms with Crippen molar-refractivity contribution in [2.45, 2.75) is 13.1 Å². The molecule has 0 saturated carbocycles. The van der Waals surface area contributed by atoms with Crippen LogP contribution >= 0.6 is 11.5 Å². The van der Waals surface area contributed by atoms with E-state index in [-0.39, 0.29) is 0 Å². The van der Waals surface area contributed by atoms with Crippen LogP contribution in [0.3, 0.4) is 0 Å². The topological polar surface area (TPSA) is 63.6 Å². The summed E-state index contributed by atoms with van der Waals surface area (Å²) in [6, 6.07) is 3.80. The highest BCUT2D eigenvalue weighted by Gasteiger charge is 1.96. The van der Waals surface area contributed by atoms with Gasteiger partial charge in [0.1, 0.15) is 0 Å². The number of hydrogen-bond acceptors (Lipinski definition) is 6. The lowest BCUT2D eigenvalue weighted by atomic mass is 10.4. The second-order valence-electron chi connectivity index (χ2n) is 2.71. The molecule has 72 valence electrons. The molecule has 0 spiro atoms. The first-order chi connectivity index (χ1) is 6.95. The maximum absolute atomic E-state index is 3.95. The quantitative estimate of drug-likeness (QED) is 0.796. The van der Waals surface area contributed by atoms with Gasteiger partial charge in [-0.3, -0.25) is 0 Å². The van der Waals surface area contributed by atoms with Crippen LogP contribution in [0.2, 0.25) is 0 Å². The Morgan fingerprint density at radius 2 is 2.14 bits per heavy atom. The van der Waals surface area contributed by atoms with Crippen molar-refractivity contribution in [1.29, 1.82) is 0 Å². The fourth-order valence-electron chi connectivity index (χ4n) is 1.01. The Bertz CT molecular complexity index is 360. The summed E-state index contributed by atoms with van der Waals surface area (Å²) < 4.78 is 3.77. The normalized spacial score (nSPS) is 10.3. The monoisotopic (exact) mass is 207 g/mol. The molecular formula is C8H9N5S. The lowest BCUT2D eigenvalue weighted by molar-refractivity contribution is 0.657. The predicted molar refractivity (Wildman–Crippen MR) is 52.5 cm³/mol. The van der Waals surface area contributed by atoms with E-state index >= 15 is 0 Å². The van der Waals surface area contributed by atoms with Gasteiger partial charge >= 0.3 is 0 Å². The van der Waals surface area contributed by atoms with Crippen molar-refractivity contribution in [3.8, 4) is 0 Å². The summed E-state index contributed by atoms with van der Waals surface area (Å²) in [5.74, 6) is 0. The molecule has 0 bridgehead atoms. The zero-order valence-corrected chi connectivity index (χ0v) is 8.24. The second kappa shape index (κ2) is 4.73. The SMILES string of the molecule is c1cnnc(CNCc2csnn2)c1. The predicted octanol–water partition coefficient (Wildman–Crippen LogP) is 0.618. The summed E-state index contributed by atoms with van der Waals surface area (Å²) in [7, 11) is 0. The molecule has 14 heavy (non-hydrogen) atoms. The fraction of sp³-hybridized carbons (Fsp3) is 0.250. The summed E-state index contributed by atoms with van der Waals surface area (Å²) >= 11 is 1.36. The van der Waals surface area contributed by atoms with Crippen molar-refractivity contribution >= 4 is 11.5 Å². The second-order valence-corrected chi connectivity index (χ2v) is 3.32. The minimum Gasteiger partial charge on any atom is -0.305 e. The van der Waals surface area contributed by atoms with Crippen molar-refractivity contribution in [2.24, 2.45) is 0 Å². The van der Waals surface area contributed by atoms with Gasteiger partial charge in [0.25, 0.3) is 0 Å². The number of nitrogens with zero attached hydrogens (tertiary/aromatic N) is 4. The number of rotatable bonds is 4. The minimum absolute atomic E-state index is 0.700. The summed E-state index contributed by atoms with van der Waals surface area (Å²) in [5, 5.41) is 16.8. The molecule has 0 radical (unpaired) electrons. The van der Waals surface area contributed by atoms with Gasteiger partial charge in [-0.1, -0.05) is 4.49 Å². The molecule has 0 aliphatic carbocycles. The molecule has 6 heteroatoms. The van der Waals surface area contributed by atoms with Crippen LogP contribution in [0, 0.1) is 0 Å².